The van der Waals surface area contributed by atoms with Gasteiger partial charge in [0.15, 0.2) is 6.33 Å². The van der Waals surface area contributed by atoms with Gasteiger partial charge in [0.05, 0.1) is 5.56 Å². The zero-order valence-electron chi connectivity index (χ0n) is 11.3. The predicted octanol–water partition coefficient (Wildman–Crippen LogP) is 1.44. The number of carbonyl (C=O) groups excluding carboxylic acids is 1. The highest BCUT2D eigenvalue weighted by molar-refractivity contribution is 5.95. The fourth-order valence-electron chi connectivity index (χ4n) is 1.76. The molecule has 0 saturated carbocycles. The lowest BCUT2D eigenvalue weighted by molar-refractivity contribution is 0.0696. The molecule has 0 aliphatic carbocycles. The van der Waals surface area contributed by atoms with Gasteiger partial charge in [-0.15, -0.1) is 0 Å². The monoisotopic (exact) mass is 290 g/mol. The van der Waals surface area contributed by atoms with Gasteiger partial charge in [-0.05, 0) is 24.6 Å². The van der Waals surface area contributed by atoms with Crippen molar-refractivity contribution in [1.82, 2.24) is 15.5 Å². The van der Waals surface area contributed by atoms with Gasteiger partial charge in [0.25, 0.3) is 0 Å². The van der Waals surface area contributed by atoms with Crippen molar-refractivity contribution in [3.63, 3.8) is 0 Å². The third-order valence-electron chi connectivity index (χ3n) is 2.84. The number of amides is 2. The summed E-state index contributed by atoms with van der Waals surface area (Å²) in [5, 5.41) is 17.7. The van der Waals surface area contributed by atoms with Gasteiger partial charge in [0, 0.05) is 18.7 Å². The molecule has 0 saturated heterocycles. The van der Waals surface area contributed by atoms with Gasteiger partial charge in [-0.2, -0.15) is 4.98 Å². The van der Waals surface area contributed by atoms with Crippen LogP contribution in [0, 0.1) is 6.92 Å². The molecule has 0 unspecified atom stereocenters. The number of benzene rings is 1. The SMILES string of the molecule is Cc1c(NC(=O)NCCc2ncno2)cccc1C(=O)O. The highest BCUT2D eigenvalue weighted by atomic mass is 16.5. The Morgan fingerprint density at radius 3 is 2.86 bits per heavy atom. The highest BCUT2D eigenvalue weighted by Crippen LogP contribution is 2.18. The maximum atomic E-state index is 11.7. The topological polar surface area (TPSA) is 117 Å². The van der Waals surface area contributed by atoms with E-state index >= 15 is 0 Å². The molecule has 1 heterocycles. The number of rotatable bonds is 5. The van der Waals surface area contributed by atoms with Crippen molar-refractivity contribution in [1.29, 1.82) is 0 Å². The summed E-state index contributed by atoms with van der Waals surface area (Å²) in [7, 11) is 0. The summed E-state index contributed by atoms with van der Waals surface area (Å²) in [6.07, 6.45) is 1.71. The van der Waals surface area contributed by atoms with Crippen molar-refractivity contribution in [2.45, 2.75) is 13.3 Å². The van der Waals surface area contributed by atoms with E-state index in [2.05, 4.69) is 20.8 Å². The van der Waals surface area contributed by atoms with Gasteiger partial charge < -0.3 is 20.3 Å². The first kappa shape index (κ1) is 14.5. The molecule has 2 aromatic rings. The molecule has 2 amide bonds. The molecule has 0 bridgehead atoms. The average molecular weight is 290 g/mol. The number of carboxylic acids is 1. The maximum Gasteiger partial charge on any atom is 0.336 e. The summed E-state index contributed by atoms with van der Waals surface area (Å²) in [5.41, 5.74) is 1.10. The Balaban J connectivity index is 1.90. The summed E-state index contributed by atoms with van der Waals surface area (Å²) in [4.78, 5) is 26.6. The fraction of sp³-hybridized carbons (Fsp3) is 0.231. The largest absolute Gasteiger partial charge is 0.478 e. The van der Waals surface area contributed by atoms with E-state index in [1.165, 1.54) is 12.4 Å². The molecule has 0 spiro atoms. The number of carboxylic acid groups (broad SMARTS) is 1. The summed E-state index contributed by atoms with van der Waals surface area (Å²) < 4.78 is 4.80. The first-order valence-corrected chi connectivity index (χ1v) is 6.21. The summed E-state index contributed by atoms with van der Waals surface area (Å²) in [5.74, 6) is -0.604. The highest BCUT2D eigenvalue weighted by Gasteiger charge is 2.11. The Labute approximate surface area is 120 Å². The van der Waals surface area contributed by atoms with Crippen LogP contribution in [0.25, 0.3) is 0 Å². The van der Waals surface area contributed by atoms with E-state index in [0.717, 1.165) is 0 Å². The second-order valence-electron chi connectivity index (χ2n) is 4.25. The van der Waals surface area contributed by atoms with Gasteiger partial charge in [-0.3, -0.25) is 0 Å². The third kappa shape index (κ3) is 3.78. The van der Waals surface area contributed by atoms with E-state index < -0.39 is 12.0 Å². The number of urea groups is 1. The molecular weight excluding hydrogens is 276 g/mol. The molecule has 21 heavy (non-hydrogen) atoms. The quantitative estimate of drug-likeness (QED) is 0.767. The number of anilines is 1. The number of hydrogen-bond donors (Lipinski definition) is 3. The van der Waals surface area contributed by atoms with Gasteiger partial charge in [-0.25, -0.2) is 9.59 Å². The Morgan fingerprint density at radius 1 is 1.38 bits per heavy atom. The Morgan fingerprint density at radius 2 is 2.19 bits per heavy atom. The van der Waals surface area contributed by atoms with E-state index in [9.17, 15) is 9.59 Å². The van der Waals surface area contributed by atoms with Crippen molar-refractivity contribution >= 4 is 17.7 Å². The van der Waals surface area contributed by atoms with Crippen molar-refractivity contribution in [2.75, 3.05) is 11.9 Å². The van der Waals surface area contributed by atoms with Crippen molar-refractivity contribution in [3.05, 3.63) is 41.5 Å². The molecule has 3 N–H and O–H groups in total. The Bertz CT molecular complexity index is 640. The van der Waals surface area contributed by atoms with Crippen LogP contribution < -0.4 is 10.6 Å². The Hall–Kier alpha value is -2.90. The van der Waals surface area contributed by atoms with Crippen LogP contribution in [-0.4, -0.2) is 33.8 Å². The zero-order chi connectivity index (χ0) is 15.2. The first-order valence-electron chi connectivity index (χ1n) is 6.21. The van der Waals surface area contributed by atoms with Crippen LogP contribution in [0.1, 0.15) is 21.8 Å². The number of aromatic carboxylic acids is 1. The van der Waals surface area contributed by atoms with Crippen molar-refractivity contribution in [2.24, 2.45) is 0 Å². The van der Waals surface area contributed by atoms with E-state index in [0.29, 0.717) is 30.1 Å². The van der Waals surface area contributed by atoms with Crippen LogP contribution in [-0.2, 0) is 6.42 Å². The summed E-state index contributed by atoms with van der Waals surface area (Å²) in [6.45, 7) is 1.96. The van der Waals surface area contributed by atoms with Crippen LogP contribution >= 0.6 is 0 Å². The fourth-order valence-corrected chi connectivity index (χ4v) is 1.76. The number of nitrogens with one attached hydrogen (secondary N) is 2. The number of nitrogens with zero attached hydrogens (tertiary/aromatic N) is 2. The van der Waals surface area contributed by atoms with Crippen molar-refractivity contribution < 1.29 is 19.2 Å². The lowest BCUT2D eigenvalue weighted by Gasteiger charge is -2.11. The van der Waals surface area contributed by atoms with Gasteiger partial charge in [-0.1, -0.05) is 11.2 Å². The molecular formula is C13H14N4O4. The van der Waals surface area contributed by atoms with E-state index in [4.69, 9.17) is 9.63 Å². The lowest BCUT2D eigenvalue weighted by Crippen LogP contribution is -2.30. The van der Waals surface area contributed by atoms with E-state index in [1.54, 1.807) is 19.1 Å². The standard InChI is InChI=1S/C13H14N4O4/c1-8-9(12(18)19)3-2-4-10(8)17-13(20)14-6-5-11-15-7-16-21-11/h2-4,7H,5-6H2,1H3,(H,18,19)(H2,14,17,20). The Kier molecular flexibility index (Phi) is 4.50. The second-order valence-corrected chi connectivity index (χ2v) is 4.25. The van der Waals surface area contributed by atoms with E-state index in [-0.39, 0.29) is 5.56 Å². The zero-order valence-corrected chi connectivity index (χ0v) is 11.3. The van der Waals surface area contributed by atoms with Crippen LogP contribution in [0.4, 0.5) is 10.5 Å². The molecule has 110 valence electrons. The molecule has 0 aliphatic rings. The number of hydrogen-bond acceptors (Lipinski definition) is 5. The minimum Gasteiger partial charge on any atom is -0.478 e. The van der Waals surface area contributed by atoms with Crippen LogP contribution in [0.5, 0.6) is 0 Å². The van der Waals surface area contributed by atoms with Crippen LogP contribution in [0.2, 0.25) is 0 Å². The molecule has 0 fully saturated rings. The average Bonchev–Trinajstić information content (AvgIpc) is 2.94. The summed E-state index contributed by atoms with van der Waals surface area (Å²) in [6, 6.07) is 4.26. The second kappa shape index (κ2) is 6.51. The third-order valence-corrected chi connectivity index (χ3v) is 2.84. The van der Waals surface area contributed by atoms with Gasteiger partial charge in [0.1, 0.15) is 0 Å². The minimum absolute atomic E-state index is 0.152. The molecule has 1 aromatic carbocycles. The lowest BCUT2D eigenvalue weighted by atomic mass is 10.1. The van der Waals surface area contributed by atoms with Crippen LogP contribution in [0.15, 0.2) is 29.0 Å². The molecule has 0 atom stereocenters. The smallest absolute Gasteiger partial charge is 0.336 e. The van der Waals surface area contributed by atoms with Gasteiger partial charge in [0.2, 0.25) is 5.89 Å². The summed E-state index contributed by atoms with van der Waals surface area (Å²) >= 11 is 0. The number of aromatic nitrogens is 2. The van der Waals surface area contributed by atoms with Gasteiger partial charge >= 0.3 is 12.0 Å². The molecule has 2 rings (SSSR count). The maximum absolute atomic E-state index is 11.7. The normalized spacial score (nSPS) is 10.1. The predicted molar refractivity (Wildman–Crippen MR) is 73.2 cm³/mol. The van der Waals surface area contributed by atoms with Crippen molar-refractivity contribution in [3.8, 4) is 0 Å². The van der Waals surface area contributed by atoms with E-state index in [1.807, 2.05) is 0 Å². The molecule has 8 nitrogen and oxygen atoms in total. The molecule has 8 heteroatoms. The molecule has 1 aromatic heterocycles. The number of carbonyl (C=O) groups is 2. The molecule has 0 aliphatic heterocycles. The molecule has 0 radical (unpaired) electrons. The minimum atomic E-state index is -1.03. The first-order chi connectivity index (χ1) is 10.1. The van der Waals surface area contributed by atoms with Crippen LogP contribution in [0.3, 0.4) is 0 Å².